The molecule has 0 aliphatic carbocycles. The smallest absolute Gasteiger partial charge is 0.303 e. The molecule has 6 heteroatoms. The average molecular weight is 413 g/mol. The zero-order chi connectivity index (χ0) is 19.7. The standard InChI is InChI=1S/C22H20O4S2/c23-19(24)5-1-3-13-7-9-15-17(11-13)27-22-16-10-8-14(4-2-6-20(25)26)12-18(16)28-21(15)22/h7-12H,1-6H2,(H,23,24)(H,25,26). The molecule has 2 N–H and O–H groups in total. The summed E-state index contributed by atoms with van der Waals surface area (Å²) in [5.41, 5.74) is 2.38. The van der Waals surface area contributed by atoms with Gasteiger partial charge in [-0.2, -0.15) is 0 Å². The normalized spacial score (nSPS) is 11.6. The lowest BCUT2D eigenvalue weighted by Crippen LogP contribution is -1.95. The molecule has 0 aliphatic heterocycles. The van der Waals surface area contributed by atoms with Crippen LogP contribution in [0.2, 0.25) is 0 Å². The van der Waals surface area contributed by atoms with E-state index in [0.717, 1.165) is 12.8 Å². The molecule has 0 saturated carbocycles. The molecular formula is C22H20O4S2. The Labute approximate surface area is 170 Å². The molecule has 0 unspecified atom stereocenters. The fourth-order valence-corrected chi connectivity index (χ4v) is 6.32. The van der Waals surface area contributed by atoms with E-state index in [2.05, 4.69) is 36.4 Å². The zero-order valence-corrected chi connectivity index (χ0v) is 16.9. The summed E-state index contributed by atoms with van der Waals surface area (Å²) in [6.45, 7) is 0. The monoisotopic (exact) mass is 412 g/mol. The van der Waals surface area contributed by atoms with E-state index in [4.69, 9.17) is 10.2 Å². The number of carboxylic acid groups (broad SMARTS) is 2. The Morgan fingerprint density at radius 3 is 1.54 bits per heavy atom. The molecular weight excluding hydrogens is 392 g/mol. The highest BCUT2D eigenvalue weighted by Gasteiger charge is 2.13. The number of aliphatic carboxylic acids is 2. The lowest BCUT2D eigenvalue weighted by atomic mass is 10.1. The van der Waals surface area contributed by atoms with Crippen LogP contribution in [0, 0.1) is 0 Å². The summed E-state index contributed by atoms with van der Waals surface area (Å²) in [5.74, 6) is -1.49. The lowest BCUT2D eigenvalue weighted by molar-refractivity contribution is -0.138. The Balaban J connectivity index is 1.62. The van der Waals surface area contributed by atoms with E-state index >= 15 is 0 Å². The van der Waals surface area contributed by atoms with Gasteiger partial charge in [-0.1, -0.05) is 24.3 Å². The number of hydrogen-bond donors (Lipinski definition) is 2. The van der Waals surface area contributed by atoms with Gasteiger partial charge in [0.1, 0.15) is 0 Å². The Morgan fingerprint density at radius 2 is 1.14 bits per heavy atom. The van der Waals surface area contributed by atoms with Crippen LogP contribution in [0.3, 0.4) is 0 Å². The SMILES string of the molecule is O=C(O)CCCc1ccc2c(c1)sc1c3ccc(CCCC(=O)O)cc3sc21. The molecule has 0 spiro atoms. The quantitative estimate of drug-likeness (QED) is 0.367. The Kier molecular flexibility index (Phi) is 5.33. The summed E-state index contributed by atoms with van der Waals surface area (Å²) in [4.78, 5) is 21.4. The Morgan fingerprint density at radius 1 is 0.714 bits per heavy atom. The third-order valence-electron chi connectivity index (χ3n) is 4.92. The first-order valence-corrected chi connectivity index (χ1v) is 10.9. The van der Waals surface area contributed by atoms with Crippen LogP contribution in [0.5, 0.6) is 0 Å². The van der Waals surface area contributed by atoms with Crippen molar-refractivity contribution in [1.29, 1.82) is 0 Å². The predicted molar refractivity (Wildman–Crippen MR) is 116 cm³/mol. The molecule has 0 bridgehead atoms. The van der Waals surface area contributed by atoms with Gasteiger partial charge in [0.15, 0.2) is 0 Å². The van der Waals surface area contributed by atoms with Crippen molar-refractivity contribution in [2.24, 2.45) is 0 Å². The van der Waals surface area contributed by atoms with Gasteiger partial charge in [0.25, 0.3) is 0 Å². The minimum absolute atomic E-state index is 0.205. The third-order valence-corrected chi connectivity index (χ3v) is 7.42. The number of carboxylic acids is 2. The van der Waals surface area contributed by atoms with Gasteiger partial charge >= 0.3 is 11.9 Å². The van der Waals surface area contributed by atoms with Crippen molar-refractivity contribution in [3.63, 3.8) is 0 Å². The van der Waals surface area contributed by atoms with E-state index in [-0.39, 0.29) is 12.8 Å². The van der Waals surface area contributed by atoms with Crippen LogP contribution < -0.4 is 0 Å². The van der Waals surface area contributed by atoms with Crippen molar-refractivity contribution in [3.8, 4) is 0 Å². The third kappa shape index (κ3) is 3.88. The van der Waals surface area contributed by atoms with Crippen LogP contribution >= 0.6 is 22.7 Å². The second kappa shape index (κ2) is 7.89. The number of thiophene rings is 2. The van der Waals surface area contributed by atoms with Crippen molar-refractivity contribution in [2.45, 2.75) is 38.5 Å². The highest BCUT2D eigenvalue weighted by molar-refractivity contribution is 7.36. The minimum atomic E-state index is -0.744. The van der Waals surface area contributed by atoms with Gasteiger partial charge in [0, 0.05) is 33.0 Å². The number of hydrogen-bond acceptors (Lipinski definition) is 4. The molecule has 0 radical (unpaired) electrons. The highest BCUT2D eigenvalue weighted by atomic mass is 32.1. The Bertz CT molecular complexity index is 1090. The van der Waals surface area contributed by atoms with Crippen molar-refractivity contribution in [2.75, 3.05) is 0 Å². The molecule has 2 aromatic carbocycles. The molecule has 2 heterocycles. The van der Waals surface area contributed by atoms with Gasteiger partial charge in [-0.05, 0) is 48.9 Å². The molecule has 144 valence electrons. The summed E-state index contributed by atoms with van der Waals surface area (Å²) in [6.07, 6.45) is 3.30. The van der Waals surface area contributed by atoms with E-state index in [1.54, 1.807) is 22.7 Å². The zero-order valence-electron chi connectivity index (χ0n) is 15.2. The van der Waals surface area contributed by atoms with E-state index in [1.807, 2.05) is 0 Å². The molecule has 2 aromatic heterocycles. The Hall–Kier alpha value is -2.44. The van der Waals surface area contributed by atoms with Crippen LogP contribution in [-0.2, 0) is 22.4 Å². The molecule has 0 saturated heterocycles. The van der Waals surface area contributed by atoms with Gasteiger partial charge in [-0.15, -0.1) is 22.7 Å². The molecule has 4 rings (SSSR count). The number of aryl methyl sites for hydroxylation is 2. The minimum Gasteiger partial charge on any atom is -0.481 e. The second-order valence-electron chi connectivity index (χ2n) is 7.02. The van der Waals surface area contributed by atoms with Crippen LogP contribution in [0.15, 0.2) is 36.4 Å². The molecule has 4 nitrogen and oxygen atoms in total. The van der Waals surface area contributed by atoms with Crippen molar-refractivity contribution in [1.82, 2.24) is 0 Å². The maximum atomic E-state index is 10.7. The molecule has 0 atom stereocenters. The molecule has 4 aromatic rings. The van der Waals surface area contributed by atoms with Crippen LogP contribution in [-0.4, -0.2) is 22.2 Å². The van der Waals surface area contributed by atoms with Gasteiger partial charge in [0.2, 0.25) is 0 Å². The first-order valence-electron chi connectivity index (χ1n) is 9.31. The molecule has 0 amide bonds. The number of carbonyl (C=O) groups is 2. The number of benzene rings is 2. The van der Waals surface area contributed by atoms with Crippen LogP contribution in [0.4, 0.5) is 0 Å². The van der Waals surface area contributed by atoms with E-state index in [0.29, 0.717) is 12.8 Å². The summed E-state index contributed by atoms with van der Waals surface area (Å²) >= 11 is 3.59. The maximum Gasteiger partial charge on any atom is 0.303 e. The van der Waals surface area contributed by atoms with Crippen molar-refractivity contribution in [3.05, 3.63) is 47.5 Å². The van der Waals surface area contributed by atoms with Crippen LogP contribution in [0.25, 0.3) is 29.6 Å². The van der Waals surface area contributed by atoms with Gasteiger partial charge in [-0.3, -0.25) is 9.59 Å². The van der Waals surface area contributed by atoms with Crippen LogP contribution in [0.1, 0.15) is 36.8 Å². The van der Waals surface area contributed by atoms with Crippen molar-refractivity contribution < 1.29 is 19.8 Å². The lowest BCUT2D eigenvalue weighted by Gasteiger charge is -2.01. The fourth-order valence-electron chi connectivity index (χ4n) is 3.54. The summed E-state index contributed by atoms with van der Waals surface area (Å²) in [7, 11) is 0. The van der Waals surface area contributed by atoms with Gasteiger partial charge in [-0.25, -0.2) is 0 Å². The maximum absolute atomic E-state index is 10.7. The van der Waals surface area contributed by atoms with E-state index < -0.39 is 11.9 Å². The summed E-state index contributed by atoms with van der Waals surface area (Å²) in [6, 6.07) is 12.9. The van der Waals surface area contributed by atoms with E-state index in [9.17, 15) is 9.59 Å². The average Bonchev–Trinajstić information content (AvgIpc) is 3.16. The molecule has 28 heavy (non-hydrogen) atoms. The van der Waals surface area contributed by atoms with Crippen molar-refractivity contribution >= 4 is 64.2 Å². The van der Waals surface area contributed by atoms with Gasteiger partial charge < -0.3 is 10.2 Å². The summed E-state index contributed by atoms with van der Waals surface area (Å²) < 4.78 is 5.10. The first-order chi connectivity index (χ1) is 13.5. The number of rotatable bonds is 8. The largest absolute Gasteiger partial charge is 0.481 e. The van der Waals surface area contributed by atoms with Gasteiger partial charge in [0.05, 0.1) is 9.40 Å². The predicted octanol–water partition coefficient (Wildman–Crippen LogP) is 6.08. The highest BCUT2D eigenvalue weighted by Crippen LogP contribution is 2.44. The number of fused-ring (bicyclic) bond motifs is 5. The van der Waals surface area contributed by atoms with E-state index in [1.165, 1.54) is 40.7 Å². The topological polar surface area (TPSA) is 74.6 Å². The molecule has 0 fully saturated rings. The second-order valence-corrected chi connectivity index (χ2v) is 9.12. The first kappa shape index (κ1) is 18.9. The summed E-state index contributed by atoms with van der Waals surface area (Å²) in [5, 5.41) is 20.1. The molecule has 0 aliphatic rings. The fraction of sp³-hybridized carbons (Fsp3) is 0.273.